The number of aromatic nitrogens is 1. The van der Waals surface area contributed by atoms with E-state index in [4.69, 9.17) is 9.72 Å². The Bertz CT molecular complexity index is 749. The number of hydrogen-bond donors (Lipinski definition) is 0. The summed E-state index contributed by atoms with van der Waals surface area (Å²) in [6, 6.07) is 12.7. The minimum absolute atomic E-state index is 0.299. The minimum Gasteiger partial charge on any atom is -0.372 e. The van der Waals surface area contributed by atoms with Gasteiger partial charge in [-0.15, -0.1) is 11.3 Å². The summed E-state index contributed by atoms with van der Waals surface area (Å²) < 4.78 is 7.45. The molecule has 1 aliphatic heterocycles. The first kappa shape index (κ1) is 15.1. The number of rotatable bonds is 4. The number of fused-ring (bicyclic) bond motifs is 1. The van der Waals surface area contributed by atoms with Crippen molar-refractivity contribution < 1.29 is 4.74 Å². The highest BCUT2D eigenvalue weighted by Gasteiger charge is 2.23. The first-order valence-corrected chi connectivity index (χ1v) is 9.69. The van der Waals surface area contributed by atoms with Gasteiger partial charge in [-0.05, 0) is 31.4 Å². The van der Waals surface area contributed by atoms with Crippen molar-refractivity contribution in [2.45, 2.75) is 32.5 Å². The fourth-order valence-electron chi connectivity index (χ4n) is 3.01. The summed E-state index contributed by atoms with van der Waals surface area (Å²) in [5.41, 5.74) is 1.25. The van der Waals surface area contributed by atoms with Crippen molar-refractivity contribution in [3.05, 3.63) is 46.8 Å². The summed E-state index contributed by atoms with van der Waals surface area (Å²) in [5.74, 6) is 0. The van der Waals surface area contributed by atoms with Crippen molar-refractivity contribution >= 4 is 37.3 Å². The van der Waals surface area contributed by atoms with Crippen LogP contribution in [0.5, 0.6) is 0 Å². The Hall–Kier alpha value is -1.43. The summed E-state index contributed by atoms with van der Waals surface area (Å²) in [7, 11) is 0. The first-order chi connectivity index (χ1) is 11.3. The van der Waals surface area contributed by atoms with Gasteiger partial charge in [0.05, 0.1) is 17.4 Å². The molecular formula is C18H20N2OS2. The van der Waals surface area contributed by atoms with Gasteiger partial charge >= 0.3 is 0 Å². The Morgan fingerprint density at radius 2 is 2.13 bits per heavy atom. The molecule has 3 aromatic rings. The first-order valence-electron chi connectivity index (χ1n) is 8.05. The molecule has 1 unspecified atom stereocenters. The molecule has 0 saturated carbocycles. The average molecular weight is 345 g/mol. The highest BCUT2D eigenvalue weighted by Crippen LogP contribution is 2.35. The highest BCUT2D eigenvalue weighted by molar-refractivity contribution is 7.29. The number of anilines is 1. The van der Waals surface area contributed by atoms with Gasteiger partial charge in [-0.1, -0.05) is 41.7 Å². The van der Waals surface area contributed by atoms with Gasteiger partial charge in [0.15, 0.2) is 5.13 Å². The number of thiazole rings is 1. The predicted octanol–water partition coefficient (Wildman–Crippen LogP) is 4.85. The quantitative estimate of drug-likeness (QED) is 0.676. The summed E-state index contributed by atoms with van der Waals surface area (Å²) in [4.78, 5) is 9.73. The zero-order chi connectivity index (χ0) is 15.6. The Morgan fingerprint density at radius 1 is 1.26 bits per heavy atom. The lowest BCUT2D eigenvalue weighted by Gasteiger charge is -2.32. The molecule has 0 N–H and O–H groups in total. The maximum atomic E-state index is 6.13. The van der Waals surface area contributed by atoms with E-state index in [1.165, 1.54) is 26.4 Å². The van der Waals surface area contributed by atoms with Gasteiger partial charge < -0.3 is 9.64 Å². The van der Waals surface area contributed by atoms with E-state index in [1.807, 2.05) is 17.4 Å². The average Bonchev–Trinajstić information content (AvgIpc) is 3.11. The van der Waals surface area contributed by atoms with Gasteiger partial charge in [0.2, 0.25) is 0 Å². The van der Waals surface area contributed by atoms with Gasteiger partial charge in [0, 0.05) is 18.0 Å². The maximum absolute atomic E-state index is 6.13. The van der Waals surface area contributed by atoms with Gasteiger partial charge in [-0.2, -0.15) is 0 Å². The molecular weight excluding hydrogens is 324 g/mol. The number of thiophene rings is 1. The molecule has 1 fully saturated rings. The second-order valence-electron chi connectivity index (χ2n) is 6.03. The van der Waals surface area contributed by atoms with Gasteiger partial charge in [-0.25, -0.2) is 4.98 Å². The summed E-state index contributed by atoms with van der Waals surface area (Å²) in [6.45, 7) is 4.89. The molecule has 0 bridgehead atoms. The van der Waals surface area contributed by atoms with E-state index in [9.17, 15) is 0 Å². The number of aryl methyl sites for hydroxylation is 1. The summed E-state index contributed by atoms with van der Waals surface area (Å²) >= 11 is 3.60. The molecule has 0 spiro atoms. The maximum Gasteiger partial charge on any atom is 0.187 e. The lowest BCUT2D eigenvalue weighted by Crippen LogP contribution is -2.39. The molecule has 2 aromatic heterocycles. The fourth-order valence-corrected chi connectivity index (χ4v) is 5.16. The van der Waals surface area contributed by atoms with Gasteiger partial charge in [-0.3, -0.25) is 0 Å². The Kier molecular flexibility index (Phi) is 4.33. The number of benzene rings is 1. The van der Waals surface area contributed by atoms with E-state index in [0.717, 1.165) is 24.6 Å². The standard InChI is InChI=1S/C18H20N2OS2/c1-13-10-16-17(22-13)19-18(23-16)20-9-5-8-15(11-20)21-12-14-6-3-2-4-7-14/h2-4,6-7,10,15H,5,8-9,11-12H2,1H3. The molecule has 4 rings (SSSR count). The molecule has 0 amide bonds. The molecule has 3 nitrogen and oxygen atoms in total. The van der Waals surface area contributed by atoms with E-state index in [2.05, 4.69) is 42.2 Å². The van der Waals surface area contributed by atoms with Gasteiger partial charge in [0.1, 0.15) is 4.83 Å². The second kappa shape index (κ2) is 6.59. The Morgan fingerprint density at radius 3 is 2.96 bits per heavy atom. The van der Waals surface area contributed by atoms with Crippen molar-refractivity contribution in [2.24, 2.45) is 0 Å². The zero-order valence-corrected chi connectivity index (χ0v) is 14.8. The van der Waals surface area contributed by atoms with Crippen LogP contribution in [0, 0.1) is 6.92 Å². The van der Waals surface area contributed by atoms with Crippen LogP contribution in [0.2, 0.25) is 0 Å². The van der Waals surface area contributed by atoms with Crippen LogP contribution in [0.4, 0.5) is 5.13 Å². The minimum atomic E-state index is 0.299. The second-order valence-corrected chi connectivity index (χ2v) is 8.27. The number of piperidine rings is 1. The molecule has 120 valence electrons. The summed E-state index contributed by atoms with van der Waals surface area (Å²) in [6.07, 6.45) is 2.61. The van der Waals surface area contributed by atoms with Crippen molar-refractivity contribution in [1.29, 1.82) is 0 Å². The zero-order valence-electron chi connectivity index (χ0n) is 13.2. The van der Waals surface area contributed by atoms with Crippen LogP contribution in [0.1, 0.15) is 23.3 Å². The third-order valence-electron chi connectivity index (χ3n) is 4.18. The van der Waals surface area contributed by atoms with E-state index in [0.29, 0.717) is 12.7 Å². The topological polar surface area (TPSA) is 25.4 Å². The molecule has 1 aliphatic rings. The molecule has 23 heavy (non-hydrogen) atoms. The molecule has 0 aliphatic carbocycles. The third-order valence-corrected chi connectivity index (χ3v) is 6.32. The third kappa shape index (κ3) is 3.42. The Balaban J connectivity index is 1.41. The van der Waals surface area contributed by atoms with E-state index < -0.39 is 0 Å². The Labute approximate surface area is 144 Å². The van der Waals surface area contributed by atoms with E-state index >= 15 is 0 Å². The molecule has 0 radical (unpaired) electrons. The van der Waals surface area contributed by atoms with Crippen molar-refractivity contribution in [1.82, 2.24) is 4.98 Å². The normalized spacial score (nSPS) is 18.7. The van der Waals surface area contributed by atoms with Crippen LogP contribution in [0.25, 0.3) is 9.53 Å². The monoisotopic (exact) mass is 344 g/mol. The van der Waals surface area contributed by atoms with Crippen LogP contribution in [-0.2, 0) is 11.3 Å². The van der Waals surface area contributed by atoms with Crippen LogP contribution >= 0.6 is 22.7 Å². The van der Waals surface area contributed by atoms with Crippen LogP contribution in [-0.4, -0.2) is 24.2 Å². The molecule has 1 aromatic carbocycles. The van der Waals surface area contributed by atoms with Crippen LogP contribution in [0.15, 0.2) is 36.4 Å². The van der Waals surface area contributed by atoms with Crippen molar-refractivity contribution in [2.75, 3.05) is 18.0 Å². The SMILES string of the molecule is Cc1cc2sc(N3CCCC(OCc4ccccc4)C3)nc2s1. The smallest absolute Gasteiger partial charge is 0.187 e. The lowest BCUT2D eigenvalue weighted by atomic mass is 10.1. The van der Waals surface area contributed by atoms with E-state index in [1.54, 1.807) is 11.3 Å². The predicted molar refractivity (Wildman–Crippen MR) is 98.7 cm³/mol. The van der Waals surface area contributed by atoms with Crippen LogP contribution in [0.3, 0.4) is 0 Å². The summed E-state index contributed by atoms with van der Waals surface area (Å²) in [5, 5.41) is 1.15. The molecule has 5 heteroatoms. The molecule has 3 heterocycles. The molecule has 1 saturated heterocycles. The van der Waals surface area contributed by atoms with E-state index in [-0.39, 0.29) is 0 Å². The number of nitrogens with zero attached hydrogens (tertiary/aromatic N) is 2. The van der Waals surface area contributed by atoms with Crippen LogP contribution < -0.4 is 4.90 Å². The number of hydrogen-bond acceptors (Lipinski definition) is 5. The van der Waals surface area contributed by atoms with Crippen molar-refractivity contribution in [3.63, 3.8) is 0 Å². The van der Waals surface area contributed by atoms with Gasteiger partial charge in [0.25, 0.3) is 0 Å². The molecule has 1 atom stereocenters. The highest BCUT2D eigenvalue weighted by atomic mass is 32.1. The van der Waals surface area contributed by atoms with Crippen molar-refractivity contribution in [3.8, 4) is 0 Å². The number of ether oxygens (including phenoxy) is 1. The largest absolute Gasteiger partial charge is 0.372 e. The fraction of sp³-hybridized carbons (Fsp3) is 0.389. The lowest BCUT2D eigenvalue weighted by molar-refractivity contribution is 0.0316.